The number of methoxy groups -OCH3 is 1. The number of ether oxygens (including phenoxy) is 3. The molecule has 0 saturated heterocycles. The van der Waals surface area contributed by atoms with E-state index in [0.29, 0.717) is 6.42 Å². The lowest BCUT2D eigenvalue weighted by molar-refractivity contribution is -0.140. The highest BCUT2D eigenvalue weighted by Gasteiger charge is 2.24. The van der Waals surface area contributed by atoms with Crippen molar-refractivity contribution in [2.45, 2.75) is 58.3 Å². The number of nitrogens with zero attached hydrogens (tertiary/aromatic N) is 1. The summed E-state index contributed by atoms with van der Waals surface area (Å²) < 4.78 is 16.0. The Labute approximate surface area is 186 Å². The molecule has 5 rings (SSSR count). The molecule has 0 saturated carbocycles. The third-order valence-electron chi connectivity index (χ3n) is 6.36. The summed E-state index contributed by atoms with van der Waals surface area (Å²) in [6.07, 6.45) is 7.86. The molecule has 0 atom stereocenters. The van der Waals surface area contributed by atoms with E-state index in [2.05, 4.69) is 19.1 Å². The zero-order valence-electron chi connectivity index (χ0n) is 18.1. The van der Waals surface area contributed by atoms with Crippen molar-refractivity contribution in [3.63, 3.8) is 0 Å². The molecule has 6 heteroatoms. The molecule has 162 valence electrons. The molecule has 0 radical (unpaired) electrons. The first-order valence-corrected chi connectivity index (χ1v) is 11.9. The van der Waals surface area contributed by atoms with Gasteiger partial charge in [-0.1, -0.05) is 6.07 Å². The van der Waals surface area contributed by atoms with Crippen molar-refractivity contribution in [1.29, 1.82) is 0 Å². The minimum Gasteiger partial charge on any atom is -0.469 e. The smallest absolute Gasteiger partial charge is 0.305 e. The number of carbonyl (C=O) groups excluding carboxylic acids is 1. The molecule has 2 aromatic heterocycles. The van der Waals surface area contributed by atoms with E-state index in [1.165, 1.54) is 46.9 Å². The Bertz CT molecular complexity index is 1150. The fourth-order valence-electron chi connectivity index (χ4n) is 4.79. The molecular formula is C25H27NO4S. The van der Waals surface area contributed by atoms with Gasteiger partial charge in [0.2, 0.25) is 6.79 Å². The molecule has 0 N–H and O–H groups in total. The molecule has 5 nitrogen and oxygen atoms in total. The highest BCUT2D eigenvalue weighted by atomic mass is 32.1. The second-order valence-corrected chi connectivity index (χ2v) is 9.38. The molecule has 1 aliphatic heterocycles. The number of unbranched alkanes of at least 4 members (excludes halogenated alkanes) is 1. The van der Waals surface area contributed by atoms with Gasteiger partial charge in [0.05, 0.1) is 7.11 Å². The van der Waals surface area contributed by atoms with Gasteiger partial charge in [-0.3, -0.25) is 4.79 Å². The summed E-state index contributed by atoms with van der Waals surface area (Å²) in [5.41, 5.74) is 6.30. The van der Waals surface area contributed by atoms with Gasteiger partial charge in [-0.15, -0.1) is 11.3 Å². The van der Waals surface area contributed by atoms with Crippen molar-refractivity contribution in [3.8, 4) is 22.6 Å². The molecule has 0 amide bonds. The van der Waals surface area contributed by atoms with Crippen molar-refractivity contribution in [2.75, 3.05) is 13.9 Å². The Morgan fingerprint density at radius 3 is 2.87 bits per heavy atom. The van der Waals surface area contributed by atoms with E-state index in [4.69, 9.17) is 19.2 Å². The maximum absolute atomic E-state index is 11.5. The summed E-state index contributed by atoms with van der Waals surface area (Å²) >= 11 is 1.86. The number of rotatable bonds is 6. The van der Waals surface area contributed by atoms with E-state index < -0.39 is 0 Å². The molecule has 0 unspecified atom stereocenters. The number of pyridine rings is 1. The van der Waals surface area contributed by atoms with Crippen LogP contribution in [0.1, 0.15) is 53.8 Å². The van der Waals surface area contributed by atoms with Gasteiger partial charge >= 0.3 is 5.97 Å². The summed E-state index contributed by atoms with van der Waals surface area (Å²) in [6, 6.07) is 6.27. The fourth-order valence-corrected chi connectivity index (χ4v) is 6.11. The van der Waals surface area contributed by atoms with Crippen LogP contribution in [0.25, 0.3) is 21.3 Å². The van der Waals surface area contributed by atoms with Gasteiger partial charge in [0.1, 0.15) is 4.83 Å². The number of hydrogen-bond donors (Lipinski definition) is 0. The predicted octanol–water partition coefficient (Wildman–Crippen LogP) is 5.77. The Balaban J connectivity index is 1.62. The number of fused-ring (bicyclic) bond motifs is 4. The average Bonchev–Trinajstić information content (AvgIpc) is 3.39. The van der Waals surface area contributed by atoms with E-state index in [0.717, 1.165) is 59.7 Å². The van der Waals surface area contributed by atoms with Gasteiger partial charge < -0.3 is 14.2 Å². The molecular weight excluding hydrogens is 410 g/mol. The number of thiophene rings is 1. The zero-order chi connectivity index (χ0) is 21.4. The van der Waals surface area contributed by atoms with Crippen LogP contribution in [0.15, 0.2) is 18.2 Å². The summed E-state index contributed by atoms with van der Waals surface area (Å²) in [5.74, 6) is 1.46. The number of aryl methyl sites for hydroxylation is 3. The molecule has 0 bridgehead atoms. The largest absolute Gasteiger partial charge is 0.469 e. The van der Waals surface area contributed by atoms with Gasteiger partial charge in [0, 0.05) is 22.4 Å². The summed E-state index contributed by atoms with van der Waals surface area (Å²) in [5, 5.41) is 1.33. The monoisotopic (exact) mass is 437 g/mol. The third kappa shape index (κ3) is 3.78. The van der Waals surface area contributed by atoms with E-state index in [1.807, 2.05) is 17.4 Å². The highest BCUT2D eigenvalue weighted by Crippen LogP contribution is 2.45. The van der Waals surface area contributed by atoms with Crippen molar-refractivity contribution in [3.05, 3.63) is 39.9 Å². The van der Waals surface area contributed by atoms with Crippen molar-refractivity contribution in [2.24, 2.45) is 0 Å². The van der Waals surface area contributed by atoms with Crippen LogP contribution in [0.3, 0.4) is 0 Å². The first-order chi connectivity index (χ1) is 15.2. The van der Waals surface area contributed by atoms with Gasteiger partial charge in [0.15, 0.2) is 11.5 Å². The van der Waals surface area contributed by atoms with Crippen LogP contribution in [0.4, 0.5) is 0 Å². The van der Waals surface area contributed by atoms with Crippen molar-refractivity contribution < 1.29 is 19.0 Å². The minimum absolute atomic E-state index is 0.145. The highest BCUT2D eigenvalue weighted by molar-refractivity contribution is 7.19. The topological polar surface area (TPSA) is 57.7 Å². The quantitative estimate of drug-likeness (QED) is 0.362. The number of benzene rings is 1. The number of hydrogen-bond acceptors (Lipinski definition) is 6. The van der Waals surface area contributed by atoms with Crippen LogP contribution >= 0.6 is 11.3 Å². The number of carbonyl (C=O) groups is 1. The van der Waals surface area contributed by atoms with Crippen LogP contribution in [-0.2, 0) is 28.8 Å². The molecule has 0 fully saturated rings. The molecule has 3 heterocycles. The number of esters is 1. The standard InChI is InChI=1S/C25H27NO4S/c1-15-17(7-4-6-10-22(27)28-2)23(16-11-12-19-20(13-16)30-14-29-19)24-18-8-3-5-9-21(18)31-25(24)26-15/h11-13H,3-10,14H2,1-2H3. The molecule has 3 aromatic rings. The molecule has 1 aliphatic carbocycles. The van der Waals surface area contributed by atoms with Crippen LogP contribution in [0.2, 0.25) is 0 Å². The summed E-state index contributed by atoms with van der Waals surface area (Å²) in [4.78, 5) is 19.2. The van der Waals surface area contributed by atoms with Gasteiger partial charge in [-0.05, 0) is 86.3 Å². The summed E-state index contributed by atoms with van der Waals surface area (Å²) in [7, 11) is 1.45. The van der Waals surface area contributed by atoms with E-state index >= 15 is 0 Å². The fraction of sp³-hybridized carbons (Fsp3) is 0.440. The maximum Gasteiger partial charge on any atom is 0.305 e. The molecule has 1 aromatic carbocycles. The third-order valence-corrected chi connectivity index (χ3v) is 7.54. The summed E-state index contributed by atoms with van der Waals surface area (Å²) in [6.45, 7) is 2.39. The second kappa shape index (κ2) is 8.50. The Hall–Kier alpha value is -2.60. The van der Waals surface area contributed by atoms with Gasteiger partial charge in [-0.25, -0.2) is 4.98 Å². The van der Waals surface area contributed by atoms with E-state index in [-0.39, 0.29) is 12.8 Å². The van der Waals surface area contributed by atoms with Crippen molar-refractivity contribution in [1.82, 2.24) is 4.98 Å². The zero-order valence-corrected chi connectivity index (χ0v) is 18.9. The lowest BCUT2D eigenvalue weighted by atomic mass is 9.88. The first kappa shape index (κ1) is 20.3. The Morgan fingerprint density at radius 2 is 2.00 bits per heavy atom. The molecule has 2 aliphatic rings. The predicted molar refractivity (Wildman–Crippen MR) is 122 cm³/mol. The van der Waals surface area contributed by atoms with Crippen LogP contribution in [0.5, 0.6) is 11.5 Å². The minimum atomic E-state index is -0.145. The first-order valence-electron chi connectivity index (χ1n) is 11.1. The Morgan fingerprint density at radius 1 is 1.16 bits per heavy atom. The normalized spacial score (nSPS) is 14.6. The Kier molecular flexibility index (Phi) is 5.57. The van der Waals surface area contributed by atoms with Crippen LogP contribution in [-0.4, -0.2) is 24.9 Å². The average molecular weight is 438 g/mol. The lowest BCUT2D eigenvalue weighted by Crippen LogP contribution is -2.03. The SMILES string of the molecule is COC(=O)CCCCc1c(C)nc2sc3c(c2c1-c1ccc2c(c1)OCO2)CCCC3. The van der Waals surface area contributed by atoms with E-state index in [1.54, 1.807) is 0 Å². The maximum atomic E-state index is 11.5. The van der Waals surface area contributed by atoms with Gasteiger partial charge in [-0.2, -0.15) is 0 Å². The van der Waals surface area contributed by atoms with Crippen molar-refractivity contribution >= 4 is 27.5 Å². The van der Waals surface area contributed by atoms with E-state index in [9.17, 15) is 4.79 Å². The lowest BCUT2D eigenvalue weighted by Gasteiger charge is -2.17. The number of aromatic nitrogens is 1. The van der Waals surface area contributed by atoms with Gasteiger partial charge in [0.25, 0.3) is 0 Å². The van der Waals surface area contributed by atoms with Crippen LogP contribution < -0.4 is 9.47 Å². The molecule has 0 spiro atoms. The second-order valence-electron chi connectivity index (χ2n) is 8.29. The molecule has 31 heavy (non-hydrogen) atoms. The van der Waals surface area contributed by atoms with Crippen LogP contribution in [0, 0.1) is 6.92 Å².